The van der Waals surface area contributed by atoms with Gasteiger partial charge in [-0.3, -0.25) is 14.6 Å². The molecule has 19 heavy (non-hydrogen) atoms. The number of hydrogen-bond donors (Lipinski definition) is 1. The zero-order valence-corrected chi connectivity index (χ0v) is 11.8. The Bertz CT molecular complexity index is 506. The molecule has 0 aromatic carbocycles. The first-order chi connectivity index (χ1) is 9.26. The standard InChI is InChI=1S/C14H21N5/c1-4-6-17-14(13-9-15-7-8-16-13)11-10-19(3)18-12(11)5-2/h7-10,14,17H,4-6H2,1-3H3. The van der Waals surface area contributed by atoms with E-state index in [9.17, 15) is 0 Å². The van der Waals surface area contributed by atoms with E-state index in [1.165, 1.54) is 5.56 Å². The Hall–Kier alpha value is -1.75. The molecule has 5 heteroatoms. The summed E-state index contributed by atoms with van der Waals surface area (Å²) in [6.07, 6.45) is 9.32. The summed E-state index contributed by atoms with van der Waals surface area (Å²) < 4.78 is 1.87. The van der Waals surface area contributed by atoms with E-state index < -0.39 is 0 Å². The van der Waals surface area contributed by atoms with Crippen molar-refractivity contribution >= 4 is 0 Å². The van der Waals surface area contributed by atoms with Gasteiger partial charge < -0.3 is 5.32 Å². The van der Waals surface area contributed by atoms with E-state index in [0.29, 0.717) is 0 Å². The molecule has 2 heterocycles. The molecule has 0 aliphatic rings. The maximum Gasteiger partial charge on any atom is 0.0802 e. The monoisotopic (exact) mass is 259 g/mol. The zero-order chi connectivity index (χ0) is 13.7. The van der Waals surface area contributed by atoms with Crippen molar-refractivity contribution in [2.45, 2.75) is 32.7 Å². The van der Waals surface area contributed by atoms with Crippen molar-refractivity contribution in [2.24, 2.45) is 7.05 Å². The number of rotatable bonds is 6. The van der Waals surface area contributed by atoms with Crippen molar-refractivity contribution in [3.63, 3.8) is 0 Å². The molecule has 1 atom stereocenters. The molecular formula is C14H21N5. The van der Waals surface area contributed by atoms with Gasteiger partial charge in [0.2, 0.25) is 0 Å². The molecule has 0 radical (unpaired) electrons. The Kier molecular flexibility index (Phi) is 4.63. The van der Waals surface area contributed by atoms with Crippen LogP contribution in [0, 0.1) is 0 Å². The summed E-state index contributed by atoms with van der Waals surface area (Å²) >= 11 is 0. The minimum atomic E-state index is 0.0669. The molecule has 0 saturated heterocycles. The fourth-order valence-electron chi connectivity index (χ4n) is 2.19. The zero-order valence-electron chi connectivity index (χ0n) is 11.8. The Labute approximate surface area is 114 Å². The molecule has 0 fully saturated rings. The molecule has 2 aromatic heterocycles. The largest absolute Gasteiger partial charge is 0.305 e. The normalized spacial score (nSPS) is 12.6. The first kappa shape index (κ1) is 13.7. The van der Waals surface area contributed by atoms with Gasteiger partial charge in [-0.15, -0.1) is 0 Å². The molecule has 0 saturated carbocycles. The molecule has 5 nitrogen and oxygen atoms in total. The molecule has 0 bridgehead atoms. The van der Waals surface area contributed by atoms with E-state index in [1.807, 2.05) is 17.9 Å². The van der Waals surface area contributed by atoms with Crippen molar-refractivity contribution in [1.82, 2.24) is 25.1 Å². The summed E-state index contributed by atoms with van der Waals surface area (Å²) in [5, 5.41) is 8.05. The maximum atomic E-state index is 4.51. The van der Waals surface area contributed by atoms with Crippen LogP contribution in [0.4, 0.5) is 0 Å². The minimum absolute atomic E-state index is 0.0669. The highest BCUT2D eigenvalue weighted by molar-refractivity contribution is 5.28. The number of aromatic nitrogens is 4. The van der Waals surface area contributed by atoms with Crippen molar-refractivity contribution in [1.29, 1.82) is 0 Å². The van der Waals surface area contributed by atoms with Crippen LogP contribution >= 0.6 is 0 Å². The van der Waals surface area contributed by atoms with Gasteiger partial charge in [-0.2, -0.15) is 5.10 Å². The van der Waals surface area contributed by atoms with Crippen molar-refractivity contribution in [3.8, 4) is 0 Å². The van der Waals surface area contributed by atoms with E-state index in [0.717, 1.165) is 30.8 Å². The van der Waals surface area contributed by atoms with Gasteiger partial charge in [0.15, 0.2) is 0 Å². The van der Waals surface area contributed by atoms with Crippen molar-refractivity contribution in [2.75, 3.05) is 6.54 Å². The molecule has 1 unspecified atom stereocenters. The van der Waals surface area contributed by atoms with Crippen LogP contribution in [-0.4, -0.2) is 26.3 Å². The highest BCUT2D eigenvalue weighted by Crippen LogP contribution is 2.23. The molecule has 102 valence electrons. The van der Waals surface area contributed by atoms with E-state index in [4.69, 9.17) is 0 Å². The van der Waals surface area contributed by atoms with Crippen LogP contribution in [-0.2, 0) is 13.5 Å². The summed E-state index contributed by atoms with van der Waals surface area (Å²) in [5.74, 6) is 0. The molecular weight excluding hydrogens is 238 g/mol. The van der Waals surface area contributed by atoms with Crippen LogP contribution in [0.15, 0.2) is 24.8 Å². The van der Waals surface area contributed by atoms with Crippen LogP contribution in [0.1, 0.15) is 43.3 Å². The number of nitrogens with one attached hydrogen (secondary N) is 1. The van der Waals surface area contributed by atoms with Crippen LogP contribution < -0.4 is 5.32 Å². The highest BCUT2D eigenvalue weighted by atomic mass is 15.3. The predicted molar refractivity (Wildman–Crippen MR) is 74.8 cm³/mol. The summed E-state index contributed by atoms with van der Waals surface area (Å²) in [7, 11) is 1.95. The van der Waals surface area contributed by atoms with Crippen LogP contribution in [0.3, 0.4) is 0 Å². The summed E-state index contributed by atoms with van der Waals surface area (Å²) in [4.78, 5) is 8.60. The summed E-state index contributed by atoms with van der Waals surface area (Å²) in [6, 6.07) is 0.0669. The van der Waals surface area contributed by atoms with Gasteiger partial charge in [0.25, 0.3) is 0 Å². The van der Waals surface area contributed by atoms with Gasteiger partial charge >= 0.3 is 0 Å². The molecule has 0 amide bonds. The van der Waals surface area contributed by atoms with Crippen LogP contribution in [0.5, 0.6) is 0 Å². The molecule has 2 aromatic rings. The SMILES string of the molecule is CCCNC(c1cnccn1)c1cn(C)nc1CC. The van der Waals surface area contributed by atoms with Gasteiger partial charge in [0.1, 0.15) is 0 Å². The lowest BCUT2D eigenvalue weighted by molar-refractivity contribution is 0.580. The molecule has 0 aliphatic carbocycles. The Morgan fingerprint density at radius 1 is 1.32 bits per heavy atom. The third kappa shape index (κ3) is 3.17. The lowest BCUT2D eigenvalue weighted by atomic mass is 10.0. The average Bonchev–Trinajstić information content (AvgIpc) is 2.81. The predicted octanol–water partition coefficient (Wildman–Crippen LogP) is 1.86. The minimum Gasteiger partial charge on any atom is -0.305 e. The second kappa shape index (κ2) is 6.43. The van der Waals surface area contributed by atoms with E-state index in [2.05, 4.69) is 40.4 Å². The number of nitrogens with zero attached hydrogens (tertiary/aromatic N) is 4. The van der Waals surface area contributed by atoms with Gasteiger partial charge in [0, 0.05) is 31.2 Å². The molecule has 2 rings (SSSR count). The molecule has 0 aliphatic heterocycles. The first-order valence-corrected chi connectivity index (χ1v) is 6.78. The Morgan fingerprint density at radius 3 is 2.79 bits per heavy atom. The first-order valence-electron chi connectivity index (χ1n) is 6.78. The lowest BCUT2D eigenvalue weighted by Crippen LogP contribution is -2.24. The fourth-order valence-corrected chi connectivity index (χ4v) is 2.19. The quantitative estimate of drug-likeness (QED) is 0.860. The Morgan fingerprint density at radius 2 is 2.16 bits per heavy atom. The highest BCUT2D eigenvalue weighted by Gasteiger charge is 2.20. The van der Waals surface area contributed by atoms with Gasteiger partial charge in [-0.25, -0.2) is 0 Å². The number of hydrogen-bond acceptors (Lipinski definition) is 4. The second-order valence-electron chi connectivity index (χ2n) is 4.58. The van der Waals surface area contributed by atoms with Crippen molar-refractivity contribution in [3.05, 3.63) is 41.7 Å². The van der Waals surface area contributed by atoms with E-state index >= 15 is 0 Å². The topological polar surface area (TPSA) is 55.6 Å². The molecule has 0 spiro atoms. The summed E-state index contributed by atoms with van der Waals surface area (Å²) in [6.45, 7) is 5.23. The van der Waals surface area contributed by atoms with E-state index in [1.54, 1.807) is 12.4 Å². The Balaban J connectivity index is 2.36. The van der Waals surface area contributed by atoms with Gasteiger partial charge in [-0.1, -0.05) is 13.8 Å². The van der Waals surface area contributed by atoms with Gasteiger partial charge in [0.05, 0.1) is 23.6 Å². The number of aryl methyl sites for hydroxylation is 2. The van der Waals surface area contributed by atoms with E-state index in [-0.39, 0.29) is 6.04 Å². The maximum absolute atomic E-state index is 4.51. The lowest BCUT2D eigenvalue weighted by Gasteiger charge is -2.17. The second-order valence-corrected chi connectivity index (χ2v) is 4.58. The van der Waals surface area contributed by atoms with Gasteiger partial charge in [-0.05, 0) is 19.4 Å². The fraction of sp³-hybridized carbons (Fsp3) is 0.500. The summed E-state index contributed by atoms with van der Waals surface area (Å²) in [5.41, 5.74) is 3.25. The van der Waals surface area contributed by atoms with Crippen LogP contribution in [0.2, 0.25) is 0 Å². The average molecular weight is 259 g/mol. The van der Waals surface area contributed by atoms with Crippen LogP contribution in [0.25, 0.3) is 0 Å². The third-order valence-electron chi connectivity index (χ3n) is 3.06. The van der Waals surface area contributed by atoms with Crippen molar-refractivity contribution < 1.29 is 0 Å². The molecule has 1 N–H and O–H groups in total. The third-order valence-corrected chi connectivity index (χ3v) is 3.06. The smallest absolute Gasteiger partial charge is 0.0802 e.